The minimum absolute atomic E-state index is 0.150. The second-order valence-corrected chi connectivity index (χ2v) is 3.78. The molecular formula is C7H12O2S. The summed E-state index contributed by atoms with van der Waals surface area (Å²) in [7, 11) is 0. The first kappa shape index (κ1) is 7.92. The van der Waals surface area contributed by atoms with Crippen LogP contribution in [-0.4, -0.2) is 16.3 Å². The molecular weight excluding hydrogens is 148 g/mol. The molecule has 0 radical (unpaired) electrons. The first-order valence-electron chi connectivity index (χ1n) is 3.52. The Balaban J connectivity index is 2.54. The molecule has 0 saturated heterocycles. The molecule has 1 rings (SSSR count). The Labute approximate surface area is 66.0 Å². The van der Waals surface area contributed by atoms with E-state index in [4.69, 9.17) is 5.11 Å². The number of hydrogen-bond donors (Lipinski definition) is 2. The van der Waals surface area contributed by atoms with Crippen LogP contribution < -0.4 is 0 Å². The molecule has 0 heterocycles. The zero-order valence-electron chi connectivity index (χ0n) is 5.95. The summed E-state index contributed by atoms with van der Waals surface area (Å²) < 4.78 is 0. The van der Waals surface area contributed by atoms with Crippen LogP contribution in [0.2, 0.25) is 0 Å². The molecule has 1 saturated carbocycles. The number of hydrogen-bond acceptors (Lipinski definition) is 2. The molecule has 0 aliphatic heterocycles. The van der Waals surface area contributed by atoms with Crippen LogP contribution >= 0.6 is 12.6 Å². The first-order valence-corrected chi connectivity index (χ1v) is 4.03. The fourth-order valence-electron chi connectivity index (χ4n) is 1.56. The van der Waals surface area contributed by atoms with E-state index < -0.39 is 5.97 Å². The van der Waals surface area contributed by atoms with Crippen molar-refractivity contribution >= 4 is 18.6 Å². The van der Waals surface area contributed by atoms with Crippen LogP contribution in [-0.2, 0) is 4.79 Å². The van der Waals surface area contributed by atoms with Gasteiger partial charge >= 0.3 is 5.97 Å². The number of carboxylic acids is 1. The fourth-order valence-corrected chi connectivity index (χ4v) is 2.12. The van der Waals surface area contributed by atoms with E-state index in [0.717, 1.165) is 12.8 Å². The van der Waals surface area contributed by atoms with Crippen molar-refractivity contribution in [1.29, 1.82) is 0 Å². The van der Waals surface area contributed by atoms with Crippen LogP contribution in [0.1, 0.15) is 19.8 Å². The highest BCUT2D eigenvalue weighted by Gasteiger charge is 2.34. The van der Waals surface area contributed by atoms with Crippen molar-refractivity contribution in [3.8, 4) is 0 Å². The van der Waals surface area contributed by atoms with E-state index in [1.54, 1.807) is 0 Å². The van der Waals surface area contributed by atoms with E-state index >= 15 is 0 Å². The lowest BCUT2D eigenvalue weighted by Crippen LogP contribution is -2.15. The van der Waals surface area contributed by atoms with Gasteiger partial charge in [0.1, 0.15) is 0 Å². The van der Waals surface area contributed by atoms with E-state index in [2.05, 4.69) is 12.6 Å². The zero-order chi connectivity index (χ0) is 7.72. The van der Waals surface area contributed by atoms with E-state index in [9.17, 15) is 4.79 Å². The molecule has 0 amide bonds. The maximum absolute atomic E-state index is 10.5. The molecule has 1 N–H and O–H groups in total. The van der Waals surface area contributed by atoms with Crippen molar-refractivity contribution in [2.45, 2.75) is 25.0 Å². The predicted octanol–water partition coefficient (Wildman–Crippen LogP) is 1.42. The van der Waals surface area contributed by atoms with Crippen LogP contribution in [0.3, 0.4) is 0 Å². The van der Waals surface area contributed by atoms with Crippen LogP contribution in [0.25, 0.3) is 0 Å². The molecule has 3 atom stereocenters. The van der Waals surface area contributed by atoms with Crippen LogP contribution in [0.4, 0.5) is 0 Å². The van der Waals surface area contributed by atoms with Crippen molar-refractivity contribution in [3.05, 3.63) is 0 Å². The SMILES string of the molecule is CC1CC(S)CC1C(=O)O. The van der Waals surface area contributed by atoms with Gasteiger partial charge in [-0.3, -0.25) is 4.79 Å². The molecule has 0 aromatic carbocycles. The van der Waals surface area contributed by atoms with Crippen molar-refractivity contribution in [2.24, 2.45) is 11.8 Å². The molecule has 0 aromatic heterocycles. The van der Waals surface area contributed by atoms with Crippen molar-refractivity contribution in [3.63, 3.8) is 0 Å². The quantitative estimate of drug-likeness (QED) is 0.569. The monoisotopic (exact) mass is 160 g/mol. The summed E-state index contributed by atoms with van der Waals surface area (Å²) >= 11 is 4.24. The van der Waals surface area contributed by atoms with Gasteiger partial charge in [-0.2, -0.15) is 12.6 Å². The molecule has 0 bridgehead atoms. The summed E-state index contributed by atoms with van der Waals surface area (Å²) in [5, 5.41) is 8.97. The lowest BCUT2D eigenvalue weighted by molar-refractivity contribution is -0.142. The predicted molar refractivity (Wildman–Crippen MR) is 42.3 cm³/mol. The summed E-state index contributed by atoms with van der Waals surface area (Å²) in [6, 6.07) is 0. The Hall–Kier alpha value is -0.180. The molecule has 0 aromatic rings. The zero-order valence-corrected chi connectivity index (χ0v) is 6.84. The summed E-state index contributed by atoms with van der Waals surface area (Å²) in [5.74, 6) is -0.508. The third-order valence-electron chi connectivity index (χ3n) is 2.17. The van der Waals surface area contributed by atoms with Gasteiger partial charge in [-0.15, -0.1) is 0 Å². The number of carboxylic acid groups (broad SMARTS) is 1. The Morgan fingerprint density at radius 2 is 2.20 bits per heavy atom. The molecule has 1 aliphatic rings. The Kier molecular flexibility index (Phi) is 2.24. The second-order valence-electron chi connectivity index (χ2n) is 3.05. The fraction of sp³-hybridized carbons (Fsp3) is 0.857. The summed E-state index contributed by atoms with van der Waals surface area (Å²) in [5.41, 5.74) is 0. The molecule has 58 valence electrons. The Morgan fingerprint density at radius 1 is 1.60 bits per heavy atom. The van der Waals surface area contributed by atoms with Gasteiger partial charge in [-0.05, 0) is 18.8 Å². The Morgan fingerprint density at radius 3 is 2.40 bits per heavy atom. The second kappa shape index (κ2) is 2.82. The van der Waals surface area contributed by atoms with Crippen LogP contribution in [0.5, 0.6) is 0 Å². The summed E-state index contributed by atoms with van der Waals surface area (Å²) in [4.78, 5) is 10.5. The number of aliphatic carboxylic acids is 1. The Bertz CT molecular complexity index is 147. The van der Waals surface area contributed by atoms with Crippen LogP contribution in [0.15, 0.2) is 0 Å². The average molecular weight is 160 g/mol. The lowest BCUT2D eigenvalue weighted by atomic mass is 9.99. The van der Waals surface area contributed by atoms with Gasteiger partial charge in [0.05, 0.1) is 5.92 Å². The minimum Gasteiger partial charge on any atom is -0.481 e. The largest absolute Gasteiger partial charge is 0.481 e. The van der Waals surface area contributed by atoms with Crippen molar-refractivity contribution < 1.29 is 9.90 Å². The van der Waals surface area contributed by atoms with E-state index in [-0.39, 0.29) is 5.92 Å². The molecule has 0 spiro atoms. The van der Waals surface area contributed by atoms with Gasteiger partial charge < -0.3 is 5.11 Å². The van der Waals surface area contributed by atoms with Gasteiger partial charge in [0, 0.05) is 5.25 Å². The van der Waals surface area contributed by atoms with E-state index in [0.29, 0.717) is 11.2 Å². The molecule has 1 fully saturated rings. The average Bonchev–Trinajstić information content (AvgIpc) is 2.10. The highest BCUT2D eigenvalue weighted by Crippen LogP contribution is 2.34. The topological polar surface area (TPSA) is 37.3 Å². The maximum atomic E-state index is 10.5. The molecule has 3 unspecified atom stereocenters. The highest BCUT2D eigenvalue weighted by atomic mass is 32.1. The number of rotatable bonds is 1. The standard InChI is InChI=1S/C7H12O2S/c1-4-2-5(10)3-6(4)7(8)9/h4-6,10H,2-3H2,1H3,(H,8,9). The first-order chi connectivity index (χ1) is 4.61. The van der Waals surface area contributed by atoms with E-state index in [1.807, 2.05) is 6.92 Å². The molecule has 1 aliphatic carbocycles. The summed E-state index contributed by atoms with van der Waals surface area (Å²) in [6.07, 6.45) is 1.68. The normalized spacial score (nSPS) is 40.0. The van der Waals surface area contributed by atoms with E-state index in [1.165, 1.54) is 0 Å². The molecule has 2 nitrogen and oxygen atoms in total. The van der Waals surface area contributed by atoms with Crippen molar-refractivity contribution in [1.82, 2.24) is 0 Å². The third kappa shape index (κ3) is 1.45. The van der Waals surface area contributed by atoms with Gasteiger partial charge in [0.2, 0.25) is 0 Å². The van der Waals surface area contributed by atoms with Gasteiger partial charge in [0.25, 0.3) is 0 Å². The number of carbonyl (C=O) groups is 1. The van der Waals surface area contributed by atoms with Gasteiger partial charge in [-0.1, -0.05) is 6.92 Å². The summed E-state index contributed by atoms with van der Waals surface area (Å²) in [6.45, 7) is 1.98. The van der Waals surface area contributed by atoms with Crippen LogP contribution in [0, 0.1) is 11.8 Å². The van der Waals surface area contributed by atoms with Crippen molar-refractivity contribution in [2.75, 3.05) is 0 Å². The lowest BCUT2D eigenvalue weighted by Gasteiger charge is -2.07. The van der Waals surface area contributed by atoms with Gasteiger partial charge in [0.15, 0.2) is 0 Å². The highest BCUT2D eigenvalue weighted by molar-refractivity contribution is 7.80. The minimum atomic E-state index is -0.663. The molecule has 3 heteroatoms. The molecule has 10 heavy (non-hydrogen) atoms. The maximum Gasteiger partial charge on any atom is 0.306 e. The number of thiol groups is 1. The third-order valence-corrected chi connectivity index (χ3v) is 2.60. The smallest absolute Gasteiger partial charge is 0.306 e. The van der Waals surface area contributed by atoms with Gasteiger partial charge in [-0.25, -0.2) is 0 Å².